The number of urea groups is 1. The van der Waals surface area contributed by atoms with Crippen molar-refractivity contribution in [1.29, 1.82) is 0 Å². The van der Waals surface area contributed by atoms with Crippen LogP contribution in [0.1, 0.15) is 77.0 Å². The van der Waals surface area contributed by atoms with Gasteiger partial charge in [-0.2, -0.15) is 0 Å². The number of carbonyl (C=O) groups is 2. The molecular weight excluding hydrogens is 314 g/mol. The first kappa shape index (κ1) is 18.7. The van der Waals surface area contributed by atoms with Crippen LogP contribution in [0, 0.1) is 5.92 Å². The van der Waals surface area contributed by atoms with Gasteiger partial charge in [0.25, 0.3) is 0 Å². The average Bonchev–Trinajstić information content (AvgIpc) is 2.63. The number of piperidine rings is 1. The summed E-state index contributed by atoms with van der Waals surface area (Å²) in [7, 11) is 2.08. The lowest BCUT2D eigenvalue weighted by molar-refractivity contribution is -0.136. The van der Waals surface area contributed by atoms with E-state index in [2.05, 4.69) is 17.3 Å². The number of likely N-dealkylation sites (tertiary alicyclic amines) is 1. The zero-order chi connectivity index (χ0) is 17.6. The highest BCUT2D eigenvalue weighted by Gasteiger charge is 2.37. The van der Waals surface area contributed by atoms with E-state index in [1.807, 2.05) is 0 Å². The topological polar surface area (TPSA) is 52.7 Å². The lowest BCUT2D eigenvalue weighted by Gasteiger charge is -2.38. The largest absolute Gasteiger partial charge is 0.335 e. The standard InChI is InChI=1S/C20H35N3O2/c1-22-14-8-9-16(15-22)19(24)23(18-12-6-3-7-13-18)20(25)21-17-10-4-2-5-11-17/h16-18H,2-15H2,1H3,(H,21,25). The second-order valence-electron chi connectivity index (χ2n) is 8.39. The number of rotatable bonds is 3. The highest BCUT2D eigenvalue weighted by molar-refractivity contribution is 5.96. The fourth-order valence-corrected chi connectivity index (χ4v) is 4.84. The summed E-state index contributed by atoms with van der Waals surface area (Å²) >= 11 is 0. The first-order chi connectivity index (χ1) is 12.1. The fourth-order valence-electron chi connectivity index (χ4n) is 4.84. The summed E-state index contributed by atoms with van der Waals surface area (Å²) in [6, 6.07) is 0.253. The van der Waals surface area contributed by atoms with Gasteiger partial charge in [0.2, 0.25) is 5.91 Å². The Morgan fingerprint density at radius 2 is 1.52 bits per heavy atom. The van der Waals surface area contributed by atoms with Crippen molar-refractivity contribution in [2.24, 2.45) is 5.92 Å². The van der Waals surface area contributed by atoms with Gasteiger partial charge in [0.1, 0.15) is 0 Å². The van der Waals surface area contributed by atoms with Crippen molar-refractivity contribution in [2.45, 2.75) is 89.1 Å². The average molecular weight is 350 g/mol. The summed E-state index contributed by atoms with van der Waals surface area (Å²) in [6.45, 7) is 1.85. The van der Waals surface area contributed by atoms with Crippen molar-refractivity contribution in [2.75, 3.05) is 20.1 Å². The van der Waals surface area contributed by atoms with E-state index in [0.717, 1.165) is 64.5 Å². The first-order valence-electron chi connectivity index (χ1n) is 10.5. The third kappa shape index (κ3) is 4.96. The Kier molecular flexibility index (Phi) is 6.74. The molecule has 3 fully saturated rings. The van der Waals surface area contributed by atoms with Gasteiger partial charge >= 0.3 is 6.03 Å². The van der Waals surface area contributed by atoms with Gasteiger partial charge in [-0.25, -0.2) is 4.79 Å². The molecule has 5 heteroatoms. The maximum atomic E-state index is 13.3. The van der Waals surface area contributed by atoms with E-state index in [0.29, 0.717) is 0 Å². The Bertz CT molecular complexity index is 456. The van der Waals surface area contributed by atoms with Crippen molar-refractivity contribution in [3.05, 3.63) is 0 Å². The van der Waals surface area contributed by atoms with Crippen molar-refractivity contribution in [1.82, 2.24) is 15.1 Å². The maximum Gasteiger partial charge on any atom is 0.324 e. The molecule has 1 saturated heterocycles. The molecule has 1 unspecified atom stereocenters. The van der Waals surface area contributed by atoms with E-state index < -0.39 is 0 Å². The molecule has 3 rings (SSSR count). The van der Waals surface area contributed by atoms with Gasteiger partial charge in [-0.05, 0) is 52.1 Å². The molecule has 1 atom stereocenters. The van der Waals surface area contributed by atoms with Crippen LogP contribution < -0.4 is 5.32 Å². The lowest BCUT2D eigenvalue weighted by atomic mass is 9.91. The molecule has 1 aliphatic heterocycles. The van der Waals surface area contributed by atoms with Gasteiger partial charge in [0.15, 0.2) is 0 Å². The smallest absolute Gasteiger partial charge is 0.324 e. The van der Waals surface area contributed by atoms with Crippen LogP contribution in [0.15, 0.2) is 0 Å². The van der Waals surface area contributed by atoms with Crippen LogP contribution in [0.25, 0.3) is 0 Å². The molecule has 0 aromatic carbocycles. The first-order valence-corrected chi connectivity index (χ1v) is 10.5. The van der Waals surface area contributed by atoms with Crippen LogP contribution in [-0.2, 0) is 4.79 Å². The molecule has 2 aliphatic carbocycles. The molecule has 0 radical (unpaired) electrons. The summed E-state index contributed by atoms with van der Waals surface area (Å²) in [5.74, 6) is 0.0598. The molecule has 5 nitrogen and oxygen atoms in total. The van der Waals surface area contributed by atoms with Crippen LogP contribution in [-0.4, -0.2) is 54.0 Å². The Hall–Kier alpha value is -1.10. The molecule has 142 valence electrons. The molecule has 1 N–H and O–H groups in total. The third-order valence-electron chi connectivity index (χ3n) is 6.30. The highest BCUT2D eigenvalue weighted by atomic mass is 16.2. The number of imide groups is 1. The molecule has 0 spiro atoms. The Morgan fingerprint density at radius 3 is 2.16 bits per heavy atom. The van der Waals surface area contributed by atoms with Gasteiger partial charge in [0.05, 0.1) is 5.92 Å². The number of nitrogens with zero attached hydrogens (tertiary/aromatic N) is 2. The maximum absolute atomic E-state index is 13.3. The van der Waals surface area contributed by atoms with E-state index in [1.54, 1.807) is 4.90 Å². The second-order valence-corrected chi connectivity index (χ2v) is 8.39. The number of amides is 3. The fraction of sp³-hybridized carbons (Fsp3) is 0.900. The summed E-state index contributed by atoms with van der Waals surface area (Å²) < 4.78 is 0. The Labute approximate surface area is 152 Å². The number of nitrogens with one attached hydrogen (secondary N) is 1. The highest BCUT2D eigenvalue weighted by Crippen LogP contribution is 2.27. The number of carbonyl (C=O) groups excluding carboxylic acids is 2. The molecule has 2 saturated carbocycles. The second kappa shape index (κ2) is 9.02. The molecule has 25 heavy (non-hydrogen) atoms. The van der Waals surface area contributed by atoms with Crippen LogP contribution in [0.5, 0.6) is 0 Å². The zero-order valence-electron chi connectivity index (χ0n) is 15.8. The summed E-state index contributed by atoms with van der Waals surface area (Å²) in [6.07, 6.45) is 13.2. The van der Waals surface area contributed by atoms with Crippen LogP contribution in [0.2, 0.25) is 0 Å². The predicted molar refractivity (Wildman–Crippen MR) is 99.3 cm³/mol. The SMILES string of the molecule is CN1CCCC(C(=O)N(C(=O)NC2CCCCC2)C2CCCCC2)C1. The van der Waals surface area contributed by atoms with E-state index in [-0.39, 0.29) is 29.9 Å². The normalized spacial score (nSPS) is 27.0. The van der Waals surface area contributed by atoms with Gasteiger partial charge in [-0.1, -0.05) is 38.5 Å². The number of hydrogen-bond acceptors (Lipinski definition) is 3. The molecule has 3 amide bonds. The van der Waals surface area contributed by atoms with Gasteiger partial charge < -0.3 is 10.2 Å². The quantitative estimate of drug-likeness (QED) is 0.848. The van der Waals surface area contributed by atoms with Gasteiger partial charge in [-0.3, -0.25) is 9.69 Å². The van der Waals surface area contributed by atoms with Gasteiger partial charge in [0, 0.05) is 18.6 Å². The summed E-state index contributed by atoms with van der Waals surface area (Å²) in [5, 5.41) is 3.20. The van der Waals surface area contributed by atoms with E-state index >= 15 is 0 Å². The lowest BCUT2D eigenvalue weighted by Crippen LogP contribution is -2.56. The van der Waals surface area contributed by atoms with Crippen LogP contribution >= 0.6 is 0 Å². The van der Waals surface area contributed by atoms with E-state index in [4.69, 9.17) is 0 Å². The van der Waals surface area contributed by atoms with Gasteiger partial charge in [-0.15, -0.1) is 0 Å². The Balaban J connectivity index is 1.69. The minimum absolute atomic E-state index is 0.0159. The van der Waals surface area contributed by atoms with Crippen molar-refractivity contribution >= 4 is 11.9 Å². The van der Waals surface area contributed by atoms with Crippen molar-refractivity contribution in [3.63, 3.8) is 0 Å². The third-order valence-corrected chi connectivity index (χ3v) is 6.30. The van der Waals surface area contributed by atoms with E-state index in [1.165, 1.54) is 25.7 Å². The molecule has 3 aliphatic rings. The summed E-state index contributed by atoms with van der Waals surface area (Å²) in [5.41, 5.74) is 0. The molecular formula is C20H35N3O2. The number of hydrogen-bond donors (Lipinski definition) is 1. The zero-order valence-corrected chi connectivity index (χ0v) is 15.8. The van der Waals surface area contributed by atoms with Crippen LogP contribution in [0.4, 0.5) is 4.79 Å². The summed E-state index contributed by atoms with van der Waals surface area (Å²) in [4.78, 5) is 30.2. The Morgan fingerprint density at radius 1 is 0.880 bits per heavy atom. The van der Waals surface area contributed by atoms with Crippen LogP contribution in [0.3, 0.4) is 0 Å². The molecule has 0 bridgehead atoms. The molecule has 1 heterocycles. The molecule has 0 aromatic rings. The minimum Gasteiger partial charge on any atom is -0.335 e. The minimum atomic E-state index is -0.114. The molecule has 0 aromatic heterocycles. The monoisotopic (exact) mass is 349 g/mol. The van der Waals surface area contributed by atoms with Crippen molar-refractivity contribution in [3.8, 4) is 0 Å². The van der Waals surface area contributed by atoms with Crippen molar-refractivity contribution < 1.29 is 9.59 Å². The predicted octanol–water partition coefficient (Wildman–Crippen LogP) is 3.53. The van der Waals surface area contributed by atoms with E-state index in [9.17, 15) is 9.59 Å².